The molecule has 6 nitrogen and oxygen atoms in total. The first-order chi connectivity index (χ1) is 7.41. The number of hydrogen-bond donors (Lipinski definition) is 0. The highest BCUT2D eigenvalue weighted by molar-refractivity contribution is 9.10. The van der Waals surface area contributed by atoms with Gasteiger partial charge in [-0.15, -0.1) is 0 Å². The largest absolute Gasteiger partial charge is 0.414 e. The van der Waals surface area contributed by atoms with Gasteiger partial charge in [0, 0.05) is 26.2 Å². The summed E-state index contributed by atoms with van der Waals surface area (Å²) in [4.78, 5) is 22.5. The Morgan fingerprint density at radius 3 is 2.56 bits per heavy atom. The number of nitrogens with zero attached hydrogens (tertiary/aromatic N) is 2. The van der Waals surface area contributed by atoms with E-state index in [-0.39, 0.29) is 15.9 Å². The Kier molecular flexibility index (Phi) is 3.83. The van der Waals surface area contributed by atoms with Crippen LogP contribution >= 0.6 is 15.9 Å². The van der Waals surface area contributed by atoms with E-state index in [1.165, 1.54) is 23.1 Å². The van der Waals surface area contributed by atoms with E-state index < -0.39 is 11.0 Å². The van der Waals surface area contributed by atoms with Gasteiger partial charge in [-0.25, -0.2) is 4.79 Å². The maximum absolute atomic E-state index is 11.2. The monoisotopic (exact) mass is 288 g/mol. The molecule has 0 fully saturated rings. The van der Waals surface area contributed by atoms with Crippen molar-refractivity contribution in [3.63, 3.8) is 0 Å². The van der Waals surface area contributed by atoms with Gasteiger partial charge in [-0.3, -0.25) is 10.1 Å². The van der Waals surface area contributed by atoms with Gasteiger partial charge >= 0.3 is 6.09 Å². The molecule has 0 N–H and O–H groups in total. The second-order valence-electron chi connectivity index (χ2n) is 3.13. The molecule has 1 aromatic carbocycles. The first-order valence-corrected chi connectivity index (χ1v) is 5.04. The fourth-order valence-corrected chi connectivity index (χ4v) is 1.39. The fraction of sp³-hybridized carbons (Fsp3) is 0.222. The predicted octanol–water partition coefficient (Wildman–Crippen LogP) is 2.42. The van der Waals surface area contributed by atoms with Crippen LogP contribution in [0.5, 0.6) is 5.75 Å². The Morgan fingerprint density at radius 2 is 2.12 bits per heavy atom. The van der Waals surface area contributed by atoms with Crippen LogP contribution in [0.4, 0.5) is 10.5 Å². The van der Waals surface area contributed by atoms with Crippen LogP contribution in [0, 0.1) is 10.1 Å². The minimum atomic E-state index is -0.541. The SMILES string of the molecule is CN(C)C(=O)Oc1ccc([N+](=O)[O-])c(Br)c1. The van der Waals surface area contributed by atoms with Crippen LogP contribution in [-0.4, -0.2) is 30.0 Å². The van der Waals surface area contributed by atoms with Crippen molar-refractivity contribution in [2.75, 3.05) is 14.1 Å². The van der Waals surface area contributed by atoms with Gasteiger partial charge in [-0.2, -0.15) is 0 Å². The number of benzene rings is 1. The lowest BCUT2D eigenvalue weighted by atomic mass is 10.3. The summed E-state index contributed by atoms with van der Waals surface area (Å²) >= 11 is 3.03. The van der Waals surface area contributed by atoms with E-state index in [2.05, 4.69) is 15.9 Å². The third kappa shape index (κ3) is 2.93. The third-order valence-corrected chi connectivity index (χ3v) is 2.32. The number of carbonyl (C=O) groups excluding carboxylic acids is 1. The van der Waals surface area contributed by atoms with Crippen LogP contribution in [0.3, 0.4) is 0 Å². The molecular weight excluding hydrogens is 280 g/mol. The molecule has 1 rings (SSSR count). The Balaban J connectivity index is 2.90. The lowest BCUT2D eigenvalue weighted by molar-refractivity contribution is -0.385. The first-order valence-electron chi connectivity index (χ1n) is 4.25. The number of rotatable bonds is 2. The Labute approximate surface area is 100 Å². The topological polar surface area (TPSA) is 72.7 Å². The average Bonchev–Trinajstić information content (AvgIpc) is 2.16. The fourth-order valence-electron chi connectivity index (χ4n) is 0.891. The molecule has 0 heterocycles. The lowest BCUT2D eigenvalue weighted by Crippen LogP contribution is -2.25. The zero-order valence-electron chi connectivity index (χ0n) is 8.64. The van der Waals surface area contributed by atoms with E-state index in [0.717, 1.165) is 0 Å². The van der Waals surface area contributed by atoms with Gasteiger partial charge in [0.05, 0.1) is 9.40 Å². The smallest absolute Gasteiger partial charge is 0.410 e. The summed E-state index contributed by atoms with van der Waals surface area (Å²) < 4.78 is 5.19. The quantitative estimate of drug-likeness (QED) is 0.619. The van der Waals surface area contributed by atoms with Crippen LogP contribution in [0.1, 0.15) is 0 Å². The van der Waals surface area contributed by atoms with Gasteiger partial charge in [-0.1, -0.05) is 0 Å². The van der Waals surface area contributed by atoms with Crippen molar-refractivity contribution in [2.45, 2.75) is 0 Å². The number of ether oxygens (including phenoxy) is 1. The van der Waals surface area contributed by atoms with E-state index in [1.807, 2.05) is 0 Å². The average molecular weight is 289 g/mol. The van der Waals surface area contributed by atoms with Crippen LogP contribution in [0.25, 0.3) is 0 Å². The molecular formula is C9H9BrN2O4. The standard InChI is InChI=1S/C9H9BrN2O4/c1-11(2)9(13)16-6-3-4-8(12(14)15)7(10)5-6/h3-5H,1-2H3. The molecule has 0 atom stereocenters. The number of halogens is 1. The van der Waals surface area contributed by atoms with E-state index in [0.29, 0.717) is 0 Å². The molecule has 0 aliphatic heterocycles. The van der Waals surface area contributed by atoms with Crippen molar-refractivity contribution < 1.29 is 14.5 Å². The highest BCUT2D eigenvalue weighted by Gasteiger charge is 2.14. The van der Waals surface area contributed by atoms with Gasteiger partial charge in [-0.05, 0) is 22.0 Å². The van der Waals surface area contributed by atoms with Crippen molar-refractivity contribution in [1.82, 2.24) is 4.90 Å². The van der Waals surface area contributed by atoms with E-state index in [4.69, 9.17) is 4.74 Å². The second kappa shape index (κ2) is 4.93. The van der Waals surface area contributed by atoms with Crippen molar-refractivity contribution in [2.24, 2.45) is 0 Å². The number of carbonyl (C=O) groups is 1. The van der Waals surface area contributed by atoms with Crippen molar-refractivity contribution >= 4 is 27.7 Å². The summed E-state index contributed by atoms with van der Waals surface area (Å²) in [6, 6.07) is 4.01. The van der Waals surface area contributed by atoms with Crippen LogP contribution < -0.4 is 4.74 Å². The highest BCUT2D eigenvalue weighted by Crippen LogP contribution is 2.28. The van der Waals surface area contributed by atoms with Crippen LogP contribution in [0.15, 0.2) is 22.7 Å². The molecule has 1 aromatic rings. The van der Waals surface area contributed by atoms with Crippen LogP contribution in [-0.2, 0) is 0 Å². The zero-order chi connectivity index (χ0) is 12.3. The lowest BCUT2D eigenvalue weighted by Gasteiger charge is -2.10. The molecule has 0 aliphatic rings. The maximum atomic E-state index is 11.2. The number of hydrogen-bond acceptors (Lipinski definition) is 4. The summed E-state index contributed by atoms with van der Waals surface area (Å²) in [6.07, 6.45) is -0.541. The molecule has 0 unspecified atom stereocenters. The van der Waals surface area contributed by atoms with Gasteiger partial charge in [0.15, 0.2) is 0 Å². The summed E-state index contributed by atoms with van der Waals surface area (Å²) in [7, 11) is 3.09. The highest BCUT2D eigenvalue weighted by atomic mass is 79.9. The van der Waals surface area contributed by atoms with E-state index in [9.17, 15) is 14.9 Å². The van der Waals surface area contributed by atoms with Crippen molar-refractivity contribution in [1.29, 1.82) is 0 Å². The number of nitro benzene ring substituents is 1. The minimum Gasteiger partial charge on any atom is -0.410 e. The molecule has 1 amide bonds. The Morgan fingerprint density at radius 1 is 1.50 bits per heavy atom. The summed E-state index contributed by atoms with van der Waals surface area (Å²) in [5.74, 6) is 0.246. The summed E-state index contributed by atoms with van der Waals surface area (Å²) in [5, 5.41) is 10.5. The molecule has 0 bridgehead atoms. The Bertz CT molecular complexity index is 434. The minimum absolute atomic E-state index is 0.0790. The van der Waals surface area contributed by atoms with Gasteiger partial charge in [0.25, 0.3) is 5.69 Å². The molecule has 0 radical (unpaired) electrons. The van der Waals surface area contributed by atoms with Crippen molar-refractivity contribution in [3.8, 4) is 5.75 Å². The Hall–Kier alpha value is -1.63. The van der Waals surface area contributed by atoms with Gasteiger partial charge in [0.2, 0.25) is 0 Å². The first kappa shape index (κ1) is 12.4. The molecule has 86 valence electrons. The second-order valence-corrected chi connectivity index (χ2v) is 3.99. The summed E-state index contributed by atoms with van der Waals surface area (Å²) in [6.45, 7) is 0. The predicted molar refractivity (Wildman–Crippen MR) is 60.5 cm³/mol. The molecule has 7 heteroatoms. The number of amides is 1. The van der Waals surface area contributed by atoms with Gasteiger partial charge in [0.1, 0.15) is 5.75 Å². The molecule has 16 heavy (non-hydrogen) atoms. The van der Waals surface area contributed by atoms with E-state index in [1.54, 1.807) is 14.1 Å². The molecule has 0 aliphatic carbocycles. The van der Waals surface area contributed by atoms with Gasteiger partial charge < -0.3 is 9.64 Å². The third-order valence-electron chi connectivity index (χ3n) is 1.69. The van der Waals surface area contributed by atoms with Crippen LogP contribution in [0.2, 0.25) is 0 Å². The molecule has 0 saturated carbocycles. The zero-order valence-corrected chi connectivity index (χ0v) is 10.2. The molecule has 0 spiro atoms. The maximum Gasteiger partial charge on any atom is 0.414 e. The normalized spacial score (nSPS) is 9.69. The molecule has 0 aromatic heterocycles. The van der Waals surface area contributed by atoms with Crippen molar-refractivity contribution in [3.05, 3.63) is 32.8 Å². The summed E-state index contributed by atoms with van der Waals surface area (Å²) in [5.41, 5.74) is -0.0790. The van der Waals surface area contributed by atoms with E-state index >= 15 is 0 Å². The number of nitro groups is 1. The molecule has 0 saturated heterocycles.